The van der Waals surface area contributed by atoms with Gasteiger partial charge in [-0.05, 0) is 44.0 Å². The summed E-state index contributed by atoms with van der Waals surface area (Å²) >= 11 is 0. The van der Waals surface area contributed by atoms with Gasteiger partial charge in [-0.1, -0.05) is 12.8 Å². The fourth-order valence-electron chi connectivity index (χ4n) is 4.09. The van der Waals surface area contributed by atoms with Crippen LogP contribution in [0.15, 0.2) is 30.5 Å². The Morgan fingerprint density at radius 2 is 2.10 bits per heavy atom. The first-order valence-electron chi connectivity index (χ1n) is 10.5. The molecule has 1 unspecified atom stereocenters. The van der Waals surface area contributed by atoms with Crippen molar-refractivity contribution in [2.45, 2.75) is 44.7 Å². The van der Waals surface area contributed by atoms with Crippen molar-refractivity contribution in [3.8, 4) is 11.3 Å². The molecule has 0 fully saturated rings. The summed E-state index contributed by atoms with van der Waals surface area (Å²) in [5, 5.41) is 11.0. The maximum Gasteiger partial charge on any atom is 0.411 e. The van der Waals surface area contributed by atoms with Gasteiger partial charge in [0.15, 0.2) is 0 Å². The molecule has 0 spiro atoms. The number of ether oxygens (including phenoxy) is 1. The quantitative estimate of drug-likeness (QED) is 0.494. The lowest BCUT2D eigenvalue weighted by Crippen LogP contribution is -2.17. The molecule has 0 radical (unpaired) electrons. The molecule has 1 aliphatic heterocycles. The lowest BCUT2D eigenvalue weighted by Gasteiger charge is -2.23. The van der Waals surface area contributed by atoms with Crippen molar-refractivity contribution < 1.29 is 9.53 Å². The van der Waals surface area contributed by atoms with Gasteiger partial charge in [0, 0.05) is 30.2 Å². The first-order valence-corrected chi connectivity index (χ1v) is 10.5. The van der Waals surface area contributed by atoms with Gasteiger partial charge in [-0.25, -0.2) is 9.78 Å². The van der Waals surface area contributed by atoms with Crippen LogP contribution in [0, 0.1) is 6.92 Å². The zero-order valence-corrected chi connectivity index (χ0v) is 18.1. The molecule has 4 rings (SSSR count). The zero-order valence-electron chi connectivity index (χ0n) is 18.1. The molecular formula is C22H29N7O2. The Hall–Kier alpha value is -3.33. The molecule has 2 bridgehead atoms. The van der Waals surface area contributed by atoms with Gasteiger partial charge in [0.1, 0.15) is 5.82 Å². The average molecular weight is 424 g/mol. The number of rotatable bonds is 2. The van der Waals surface area contributed by atoms with Crippen LogP contribution in [-0.4, -0.2) is 33.0 Å². The lowest BCUT2D eigenvalue weighted by atomic mass is 10.0. The molecule has 164 valence electrons. The van der Waals surface area contributed by atoms with Crippen LogP contribution in [0.4, 0.5) is 16.2 Å². The topological polar surface area (TPSA) is 123 Å². The van der Waals surface area contributed by atoms with E-state index in [1.807, 2.05) is 43.0 Å². The number of imidazole rings is 1. The standard InChI is InChI=1S/C22H29N7O2/c1-13-10-20(29(2)28-13)17-7-5-4-6-16(23)21-24-12-19(27-21)15-9-8-14(11-18(15)26-17)25-22(30)31-3/h8-12,16-17,26H,4-7,23H2,1-3H3,(H,24,27)(H,25,30)/t16-,17?/m0/s1. The van der Waals surface area contributed by atoms with E-state index in [2.05, 4.69) is 26.8 Å². The number of nitrogens with one attached hydrogen (secondary N) is 3. The minimum atomic E-state index is -0.514. The second-order valence-corrected chi connectivity index (χ2v) is 7.97. The largest absolute Gasteiger partial charge is 0.453 e. The first kappa shape index (κ1) is 20.9. The molecule has 2 atom stereocenters. The van der Waals surface area contributed by atoms with Crippen LogP contribution in [0.25, 0.3) is 11.3 Å². The highest BCUT2D eigenvalue weighted by Gasteiger charge is 2.21. The number of H-pyrrole nitrogens is 1. The molecule has 2 aromatic heterocycles. The van der Waals surface area contributed by atoms with E-state index in [1.54, 1.807) is 0 Å². The minimum absolute atomic E-state index is 0.0485. The van der Waals surface area contributed by atoms with E-state index in [1.165, 1.54) is 7.11 Å². The summed E-state index contributed by atoms with van der Waals surface area (Å²) in [5.74, 6) is 0.789. The van der Waals surface area contributed by atoms with E-state index in [9.17, 15) is 4.79 Å². The number of hydrogen-bond acceptors (Lipinski definition) is 6. The molecule has 5 N–H and O–H groups in total. The fourth-order valence-corrected chi connectivity index (χ4v) is 4.09. The molecule has 9 nitrogen and oxygen atoms in total. The predicted octanol–water partition coefficient (Wildman–Crippen LogP) is 4.02. The van der Waals surface area contributed by atoms with E-state index in [-0.39, 0.29) is 12.1 Å². The molecule has 1 aromatic carbocycles. The Bertz CT molecular complexity index is 1070. The molecule has 0 saturated heterocycles. The van der Waals surface area contributed by atoms with Crippen molar-refractivity contribution >= 4 is 17.5 Å². The number of carbonyl (C=O) groups is 1. The number of fused-ring (bicyclic) bond motifs is 4. The van der Waals surface area contributed by atoms with Crippen molar-refractivity contribution in [1.29, 1.82) is 0 Å². The van der Waals surface area contributed by atoms with Crippen LogP contribution in [0.5, 0.6) is 0 Å². The molecule has 0 saturated carbocycles. The Balaban J connectivity index is 1.78. The van der Waals surface area contributed by atoms with Crippen molar-refractivity contribution in [3.05, 3.63) is 47.7 Å². The molecule has 3 heterocycles. The van der Waals surface area contributed by atoms with Gasteiger partial charge < -0.3 is 20.8 Å². The van der Waals surface area contributed by atoms with Crippen molar-refractivity contribution in [2.24, 2.45) is 12.8 Å². The maximum absolute atomic E-state index is 11.7. The average Bonchev–Trinajstić information content (AvgIpc) is 3.36. The van der Waals surface area contributed by atoms with E-state index in [0.29, 0.717) is 5.69 Å². The number of anilines is 2. The number of aromatic amines is 1. The van der Waals surface area contributed by atoms with E-state index in [0.717, 1.165) is 59.8 Å². The number of aryl methyl sites for hydroxylation is 2. The zero-order chi connectivity index (χ0) is 22.0. The first-order chi connectivity index (χ1) is 14.9. The normalized spacial score (nSPS) is 18.8. The fraction of sp³-hybridized carbons (Fsp3) is 0.409. The van der Waals surface area contributed by atoms with E-state index < -0.39 is 6.09 Å². The summed E-state index contributed by atoms with van der Waals surface area (Å²) in [6, 6.07) is 7.72. The number of nitrogens with zero attached hydrogens (tertiary/aromatic N) is 3. The molecule has 9 heteroatoms. The number of carbonyl (C=O) groups excluding carboxylic acids is 1. The molecule has 0 aliphatic carbocycles. The Morgan fingerprint density at radius 3 is 2.84 bits per heavy atom. The van der Waals surface area contributed by atoms with Crippen LogP contribution < -0.4 is 16.4 Å². The third kappa shape index (κ3) is 4.56. The number of nitrogens with two attached hydrogens (primary N) is 1. The SMILES string of the molecule is COC(=O)Nc1ccc2c(c1)NC(c1cc(C)nn1C)CCCC[C@H](N)c1nc-2c[nH]1. The van der Waals surface area contributed by atoms with Crippen molar-refractivity contribution in [2.75, 3.05) is 17.7 Å². The smallest absolute Gasteiger partial charge is 0.411 e. The summed E-state index contributed by atoms with van der Waals surface area (Å²) in [6.45, 7) is 2.00. The van der Waals surface area contributed by atoms with E-state index in [4.69, 9.17) is 15.5 Å². The van der Waals surface area contributed by atoms with Gasteiger partial charge >= 0.3 is 6.09 Å². The van der Waals surface area contributed by atoms with Gasteiger partial charge in [0.25, 0.3) is 0 Å². The maximum atomic E-state index is 11.7. The highest BCUT2D eigenvalue weighted by molar-refractivity contribution is 5.88. The molecule has 1 amide bonds. The summed E-state index contributed by atoms with van der Waals surface area (Å²) in [5.41, 5.74) is 11.7. The van der Waals surface area contributed by atoms with Crippen LogP contribution >= 0.6 is 0 Å². The lowest BCUT2D eigenvalue weighted by molar-refractivity contribution is 0.187. The van der Waals surface area contributed by atoms with Crippen LogP contribution in [-0.2, 0) is 11.8 Å². The van der Waals surface area contributed by atoms with E-state index >= 15 is 0 Å². The third-order valence-corrected chi connectivity index (χ3v) is 5.66. The van der Waals surface area contributed by atoms with Gasteiger partial charge in [-0.2, -0.15) is 5.10 Å². The summed E-state index contributed by atoms with van der Waals surface area (Å²) in [6.07, 6.45) is 5.18. The number of aromatic nitrogens is 4. The number of hydrogen-bond donors (Lipinski definition) is 4. The molecule has 1 aliphatic rings. The number of amides is 1. The predicted molar refractivity (Wildman–Crippen MR) is 120 cm³/mol. The van der Waals surface area contributed by atoms with Crippen LogP contribution in [0.1, 0.15) is 55.0 Å². The van der Waals surface area contributed by atoms with Gasteiger partial charge in [0.05, 0.1) is 36.3 Å². The summed E-state index contributed by atoms with van der Waals surface area (Å²) in [4.78, 5) is 19.7. The highest BCUT2D eigenvalue weighted by atomic mass is 16.5. The number of methoxy groups -OCH3 is 1. The Labute approximate surface area is 181 Å². The van der Waals surface area contributed by atoms with Crippen molar-refractivity contribution in [1.82, 2.24) is 19.7 Å². The van der Waals surface area contributed by atoms with Crippen LogP contribution in [0.3, 0.4) is 0 Å². The van der Waals surface area contributed by atoms with Gasteiger partial charge in [-0.3, -0.25) is 10.00 Å². The summed E-state index contributed by atoms with van der Waals surface area (Å²) < 4.78 is 6.66. The second-order valence-electron chi connectivity index (χ2n) is 7.97. The molecule has 3 aromatic rings. The molecule has 31 heavy (non-hydrogen) atoms. The van der Waals surface area contributed by atoms with Gasteiger partial charge in [0.2, 0.25) is 0 Å². The third-order valence-electron chi connectivity index (χ3n) is 5.66. The molecular weight excluding hydrogens is 394 g/mol. The number of benzene rings is 1. The van der Waals surface area contributed by atoms with Crippen molar-refractivity contribution in [3.63, 3.8) is 0 Å². The highest BCUT2D eigenvalue weighted by Crippen LogP contribution is 2.35. The summed E-state index contributed by atoms with van der Waals surface area (Å²) in [7, 11) is 3.31. The second kappa shape index (κ2) is 8.81. The monoisotopic (exact) mass is 423 g/mol. The Kier molecular flexibility index (Phi) is 5.94. The van der Waals surface area contributed by atoms with Crippen LogP contribution in [0.2, 0.25) is 0 Å². The Morgan fingerprint density at radius 1 is 1.29 bits per heavy atom. The minimum Gasteiger partial charge on any atom is -0.453 e. The van der Waals surface area contributed by atoms with Gasteiger partial charge in [-0.15, -0.1) is 0 Å².